The molecule has 1 rings (SSSR count). The van der Waals surface area contributed by atoms with Gasteiger partial charge >= 0.3 is 0 Å². The summed E-state index contributed by atoms with van der Waals surface area (Å²) < 4.78 is 3.37. The van der Waals surface area contributed by atoms with E-state index in [0.717, 1.165) is 25.3 Å². The van der Waals surface area contributed by atoms with Gasteiger partial charge in [-0.2, -0.15) is 0 Å². The molecule has 0 saturated heterocycles. The minimum absolute atomic E-state index is 0.816. The van der Waals surface area contributed by atoms with Crippen LogP contribution in [-0.4, -0.2) is 31.1 Å². The second kappa shape index (κ2) is 8.39. The van der Waals surface area contributed by atoms with Crippen molar-refractivity contribution in [3.63, 3.8) is 0 Å². The fourth-order valence-corrected chi connectivity index (χ4v) is 2.27. The molecule has 4 heteroatoms. The number of hydrogen-bond acceptors (Lipinski definition) is 4. The number of benzene rings is 1. The average molecular weight is 253 g/mol. The number of nitrogens with one attached hydrogen (secondary N) is 1. The van der Waals surface area contributed by atoms with E-state index in [1.165, 1.54) is 17.9 Å². The third-order valence-corrected chi connectivity index (χ3v) is 3.57. The number of nitrogens with two attached hydrogens (primary N) is 1. The van der Waals surface area contributed by atoms with E-state index in [1.54, 1.807) is 11.9 Å². The van der Waals surface area contributed by atoms with Gasteiger partial charge in [-0.1, -0.05) is 13.8 Å². The molecule has 1 aromatic carbocycles. The van der Waals surface area contributed by atoms with Crippen molar-refractivity contribution < 1.29 is 0 Å². The summed E-state index contributed by atoms with van der Waals surface area (Å²) in [6, 6.07) is 7.94. The Hall–Kier alpha value is -0.710. The van der Waals surface area contributed by atoms with E-state index in [-0.39, 0.29) is 0 Å². The van der Waals surface area contributed by atoms with E-state index >= 15 is 0 Å². The smallest absolute Gasteiger partial charge is 0.0314 e. The summed E-state index contributed by atoms with van der Waals surface area (Å²) in [5.74, 6) is 0. The average Bonchev–Trinajstić information content (AvgIpc) is 2.36. The topological polar surface area (TPSA) is 41.3 Å². The molecule has 0 radical (unpaired) electrons. The van der Waals surface area contributed by atoms with Gasteiger partial charge in [-0.3, -0.25) is 4.72 Å². The van der Waals surface area contributed by atoms with E-state index in [2.05, 4.69) is 23.5 Å². The van der Waals surface area contributed by atoms with Crippen molar-refractivity contribution in [3.8, 4) is 0 Å². The molecule has 0 saturated carbocycles. The lowest BCUT2D eigenvalue weighted by Gasteiger charge is -2.17. The molecule has 0 aliphatic rings. The van der Waals surface area contributed by atoms with Crippen LogP contribution in [0.5, 0.6) is 0 Å². The van der Waals surface area contributed by atoms with Gasteiger partial charge in [0.1, 0.15) is 0 Å². The first-order valence-corrected chi connectivity index (χ1v) is 7.05. The molecule has 96 valence electrons. The molecule has 0 aliphatic heterocycles. The fraction of sp³-hybridized carbons (Fsp3) is 0.538. The number of anilines is 1. The van der Waals surface area contributed by atoms with Crippen LogP contribution in [0.4, 0.5) is 5.69 Å². The molecule has 3 N–H and O–H groups in total. The lowest BCUT2D eigenvalue weighted by atomic mass is 10.3. The van der Waals surface area contributed by atoms with E-state index < -0.39 is 0 Å². The van der Waals surface area contributed by atoms with Gasteiger partial charge in [0, 0.05) is 17.1 Å². The highest BCUT2D eigenvalue weighted by Crippen LogP contribution is 2.15. The van der Waals surface area contributed by atoms with Gasteiger partial charge in [0.05, 0.1) is 0 Å². The highest BCUT2D eigenvalue weighted by Gasteiger charge is 1.98. The quantitative estimate of drug-likeness (QED) is 0.424. The van der Waals surface area contributed by atoms with Gasteiger partial charge in [0.25, 0.3) is 0 Å². The summed E-state index contributed by atoms with van der Waals surface area (Å²) in [5.41, 5.74) is 6.45. The van der Waals surface area contributed by atoms with Gasteiger partial charge in [0.2, 0.25) is 0 Å². The highest BCUT2D eigenvalue weighted by atomic mass is 32.2. The molecule has 0 aliphatic carbocycles. The van der Waals surface area contributed by atoms with Crippen molar-refractivity contribution in [2.45, 2.75) is 25.2 Å². The summed E-state index contributed by atoms with van der Waals surface area (Å²) >= 11 is 1.67. The first kappa shape index (κ1) is 14.4. The Morgan fingerprint density at radius 3 is 2.41 bits per heavy atom. The summed E-state index contributed by atoms with van der Waals surface area (Å²) in [7, 11) is 0. The summed E-state index contributed by atoms with van der Waals surface area (Å²) in [6.07, 6.45) is 1.18. The van der Waals surface area contributed by atoms with Crippen molar-refractivity contribution in [2.24, 2.45) is 0 Å². The molecule has 0 heterocycles. The van der Waals surface area contributed by atoms with Crippen LogP contribution in [-0.2, 0) is 0 Å². The summed E-state index contributed by atoms with van der Waals surface area (Å²) in [4.78, 5) is 3.65. The normalized spacial score (nSPS) is 11.0. The molecule has 17 heavy (non-hydrogen) atoms. The van der Waals surface area contributed by atoms with Crippen LogP contribution in [0, 0.1) is 0 Å². The highest BCUT2D eigenvalue weighted by molar-refractivity contribution is 7.97. The van der Waals surface area contributed by atoms with Crippen LogP contribution >= 0.6 is 11.9 Å². The summed E-state index contributed by atoms with van der Waals surface area (Å²) in [5, 5.41) is 0. The Bertz CT molecular complexity index is 296. The van der Waals surface area contributed by atoms with Crippen molar-refractivity contribution in [2.75, 3.05) is 31.9 Å². The molecule has 0 amide bonds. The third-order valence-electron chi connectivity index (χ3n) is 2.72. The minimum Gasteiger partial charge on any atom is -0.399 e. The summed E-state index contributed by atoms with van der Waals surface area (Å²) in [6.45, 7) is 8.90. The SMILES string of the molecule is CCN(CC)CCCNSc1ccc(N)cc1. The lowest BCUT2D eigenvalue weighted by molar-refractivity contribution is 0.301. The van der Waals surface area contributed by atoms with Crippen LogP contribution in [0.1, 0.15) is 20.3 Å². The molecule has 0 unspecified atom stereocenters. The van der Waals surface area contributed by atoms with Gasteiger partial charge in [-0.05, 0) is 62.3 Å². The Labute approximate surface area is 109 Å². The number of nitrogens with zero attached hydrogens (tertiary/aromatic N) is 1. The van der Waals surface area contributed by atoms with E-state index in [1.807, 2.05) is 24.3 Å². The number of hydrogen-bond donors (Lipinski definition) is 2. The van der Waals surface area contributed by atoms with Crippen molar-refractivity contribution in [1.29, 1.82) is 0 Å². The predicted octanol–water partition coefficient (Wildman–Crippen LogP) is 2.60. The Morgan fingerprint density at radius 2 is 1.82 bits per heavy atom. The largest absolute Gasteiger partial charge is 0.399 e. The molecule has 0 bridgehead atoms. The minimum atomic E-state index is 0.816. The zero-order valence-corrected chi connectivity index (χ0v) is 11.6. The molecule has 0 spiro atoms. The lowest BCUT2D eigenvalue weighted by Crippen LogP contribution is -2.25. The molecule has 0 fully saturated rings. The first-order valence-electron chi connectivity index (χ1n) is 6.23. The van der Waals surface area contributed by atoms with E-state index in [0.29, 0.717) is 0 Å². The monoisotopic (exact) mass is 253 g/mol. The van der Waals surface area contributed by atoms with E-state index in [4.69, 9.17) is 5.73 Å². The van der Waals surface area contributed by atoms with Crippen LogP contribution in [0.25, 0.3) is 0 Å². The van der Waals surface area contributed by atoms with Crippen LogP contribution in [0.2, 0.25) is 0 Å². The molecule has 1 aromatic rings. The molecular formula is C13H23N3S. The standard InChI is InChI=1S/C13H23N3S/c1-3-16(4-2)11-5-10-15-17-13-8-6-12(14)7-9-13/h6-9,15H,3-5,10-11,14H2,1-2H3. The van der Waals surface area contributed by atoms with Crippen molar-refractivity contribution >= 4 is 17.6 Å². The fourth-order valence-electron chi connectivity index (χ4n) is 1.58. The van der Waals surface area contributed by atoms with Gasteiger partial charge < -0.3 is 10.6 Å². The maximum absolute atomic E-state index is 5.63. The van der Waals surface area contributed by atoms with Crippen LogP contribution in [0.3, 0.4) is 0 Å². The van der Waals surface area contributed by atoms with Gasteiger partial charge in [-0.15, -0.1) is 0 Å². The second-order valence-corrected chi connectivity index (χ2v) is 4.91. The zero-order chi connectivity index (χ0) is 12.5. The maximum Gasteiger partial charge on any atom is 0.0314 e. The van der Waals surface area contributed by atoms with Crippen molar-refractivity contribution in [3.05, 3.63) is 24.3 Å². The molecule has 3 nitrogen and oxygen atoms in total. The molecular weight excluding hydrogens is 230 g/mol. The Kier molecular flexibility index (Phi) is 7.08. The molecule has 0 aromatic heterocycles. The van der Waals surface area contributed by atoms with Crippen LogP contribution < -0.4 is 10.5 Å². The zero-order valence-electron chi connectivity index (χ0n) is 10.8. The van der Waals surface area contributed by atoms with Crippen LogP contribution in [0.15, 0.2) is 29.2 Å². The predicted molar refractivity (Wildman–Crippen MR) is 77.1 cm³/mol. The van der Waals surface area contributed by atoms with E-state index in [9.17, 15) is 0 Å². The first-order chi connectivity index (χ1) is 8.26. The van der Waals surface area contributed by atoms with Gasteiger partial charge in [-0.25, -0.2) is 0 Å². The Balaban J connectivity index is 2.10. The second-order valence-electron chi connectivity index (χ2n) is 3.95. The Morgan fingerprint density at radius 1 is 1.18 bits per heavy atom. The third kappa shape index (κ3) is 5.96. The number of rotatable bonds is 8. The van der Waals surface area contributed by atoms with Gasteiger partial charge in [0.15, 0.2) is 0 Å². The maximum atomic E-state index is 5.63. The molecule has 0 atom stereocenters. The van der Waals surface area contributed by atoms with Crippen molar-refractivity contribution in [1.82, 2.24) is 9.62 Å². The number of nitrogen functional groups attached to an aromatic ring is 1.